The Labute approximate surface area is 147 Å². The second-order valence-electron chi connectivity index (χ2n) is 6.53. The first-order valence-electron chi connectivity index (χ1n) is 8.41. The lowest BCUT2D eigenvalue weighted by Crippen LogP contribution is -2.37. The van der Waals surface area contributed by atoms with E-state index in [-0.39, 0.29) is 0 Å². The molecule has 25 heavy (non-hydrogen) atoms. The van der Waals surface area contributed by atoms with Crippen LogP contribution >= 0.6 is 0 Å². The minimum absolute atomic E-state index is 0.333. The minimum Gasteiger partial charge on any atom is -0.346 e. The van der Waals surface area contributed by atoms with E-state index in [0.717, 1.165) is 17.9 Å². The van der Waals surface area contributed by atoms with E-state index in [1.807, 2.05) is 31.5 Å². The van der Waals surface area contributed by atoms with Crippen molar-refractivity contribution in [1.29, 1.82) is 0 Å². The van der Waals surface area contributed by atoms with Crippen molar-refractivity contribution in [2.45, 2.75) is 47.7 Å². The summed E-state index contributed by atoms with van der Waals surface area (Å²) in [5, 5.41) is 13.8. The van der Waals surface area contributed by atoms with Crippen molar-refractivity contribution in [1.82, 2.24) is 24.9 Å². The molecule has 2 N–H and O–H groups in total. The van der Waals surface area contributed by atoms with Crippen molar-refractivity contribution in [3.05, 3.63) is 29.3 Å². The molecule has 136 valence electrons. The molecule has 2 heterocycles. The predicted octanol–water partition coefficient (Wildman–Crippen LogP) is 1.42. The molecular weight excluding hydrogens is 320 g/mol. The highest BCUT2D eigenvalue weighted by molar-refractivity contribution is 6.39. The Bertz CT molecular complexity index is 759. The van der Waals surface area contributed by atoms with Crippen molar-refractivity contribution in [2.75, 3.05) is 11.9 Å². The van der Waals surface area contributed by atoms with Crippen LogP contribution in [0.15, 0.2) is 12.3 Å². The molecule has 2 amide bonds. The number of hydrogen-bond donors (Lipinski definition) is 2. The van der Waals surface area contributed by atoms with Crippen LogP contribution in [0.3, 0.4) is 0 Å². The van der Waals surface area contributed by atoms with Crippen LogP contribution in [0.1, 0.15) is 30.9 Å². The third-order valence-electron chi connectivity index (χ3n) is 3.90. The summed E-state index contributed by atoms with van der Waals surface area (Å²) < 4.78 is 3.62. The zero-order chi connectivity index (χ0) is 18.6. The zero-order valence-corrected chi connectivity index (χ0v) is 15.5. The summed E-state index contributed by atoms with van der Waals surface area (Å²) >= 11 is 0. The molecule has 2 aromatic heterocycles. The molecule has 0 saturated heterocycles. The summed E-state index contributed by atoms with van der Waals surface area (Å²) in [6, 6.07) is 1.88. The monoisotopic (exact) mass is 346 g/mol. The molecule has 0 aliphatic heterocycles. The lowest BCUT2D eigenvalue weighted by Gasteiger charge is -2.09. The summed E-state index contributed by atoms with van der Waals surface area (Å²) in [4.78, 5) is 24.1. The SMILES string of the molecule is Cc1nn(CC(C)C)c(C)c1NC(=O)C(=O)NCCn1nccc1C. The van der Waals surface area contributed by atoms with Gasteiger partial charge in [-0.05, 0) is 32.8 Å². The molecule has 0 spiro atoms. The molecule has 2 rings (SSSR count). The van der Waals surface area contributed by atoms with Crippen LogP contribution in [0.2, 0.25) is 0 Å². The van der Waals surface area contributed by atoms with E-state index in [9.17, 15) is 9.59 Å². The third kappa shape index (κ3) is 4.68. The van der Waals surface area contributed by atoms with E-state index in [4.69, 9.17) is 0 Å². The average molecular weight is 346 g/mol. The molecule has 0 bridgehead atoms. The highest BCUT2D eigenvalue weighted by Gasteiger charge is 2.19. The van der Waals surface area contributed by atoms with E-state index in [1.165, 1.54) is 0 Å². The molecule has 0 atom stereocenters. The van der Waals surface area contributed by atoms with E-state index in [1.54, 1.807) is 10.9 Å². The number of aryl methyl sites for hydroxylation is 2. The molecule has 8 heteroatoms. The van der Waals surface area contributed by atoms with Gasteiger partial charge in [0.1, 0.15) is 0 Å². The van der Waals surface area contributed by atoms with Crippen molar-refractivity contribution in [2.24, 2.45) is 5.92 Å². The summed E-state index contributed by atoms with van der Waals surface area (Å²) in [5.74, 6) is -0.914. The van der Waals surface area contributed by atoms with Crippen molar-refractivity contribution >= 4 is 17.5 Å². The summed E-state index contributed by atoms with van der Waals surface area (Å²) in [6.45, 7) is 11.4. The Morgan fingerprint density at radius 1 is 1.16 bits per heavy atom. The van der Waals surface area contributed by atoms with Crippen LogP contribution in [0, 0.1) is 26.7 Å². The van der Waals surface area contributed by atoms with Gasteiger partial charge in [-0.1, -0.05) is 13.8 Å². The van der Waals surface area contributed by atoms with Crippen LogP contribution in [-0.4, -0.2) is 37.9 Å². The van der Waals surface area contributed by atoms with E-state index >= 15 is 0 Å². The molecule has 0 fully saturated rings. The zero-order valence-electron chi connectivity index (χ0n) is 15.5. The number of amides is 2. The first-order chi connectivity index (χ1) is 11.8. The lowest BCUT2D eigenvalue weighted by atomic mass is 10.2. The summed E-state index contributed by atoms with van der Waals surface area (Å²) in [7, 11) is 0. The third-order valence-corrected chi connectivity index (χ3v) is 3.90. The fourth-order valence-electron chi connectivity index (χ4n) is 2.56. The highest BCUT2D eigenvalue weighted by atomic mass is 16.2. The van der Waals surface area contributed by atoms with Gasteiger partial charge in [-0.2, -0.15) is 10.2 Å². The fourth-order valence-corrected chi connectivity index (χ4v) is 2.56. The Balaban J connectivity index is 1.91. The van der Waals surface area contributed by atoms with Gasteiger partial charge in [0.05, 0.1) is 23.6 Å². The number of nitrogens with one attached hydrogen (secondary N) is 2. The Kier molecular flexibility index (Phi) is 5.95. The van der Waals surface area contributed by atoms with Crippen LogP contribution in [0.25, 0.3) is 0 Å². The first-order valence-corrected chi connectivity index (χ1v) is 8.41. The smallest absolute Gasteiger partial charge is 0.313 e. The van der Waals surface area contributed by atoms with Crippen LogP contribution in [0.5, 0.6) is 0 Å². The van der Waals surface area contributed by atoms with Gasteiger partial charge >= 0.3 is 11.8 Å². The Morgan fingerprint density at radius 2 is 1.88 bits per heavy atom. The van der Waals surface area contributed by atoms with Gasteiger partial charge in [-0.25, -0.2) is 0 Å². The normalized spacial score (nSPS) is 11.0. The number of carbonyl (C=O) groups excluding carboxylic acids is 2. The molecule has 8 nitrogen and oxygen atoms in total. The fraction of sp³-hybridized carbons (Fsp3) is 0.529. The molecule has 0 aromatic carbocycles. The number of rotatable bonds is 6. The van der Waals surface area contributed by atoms with Gasteiger partial charge in [0, 0.05) is 25.0 Å². The molecule has 0 aliphatic rings. The number of aromatic nitrogens is 4. The predicted molar refractivity (Wildman–Crippen MR) is 95.1 cm³/mol. The van der Waals surface area contributed by atoms with Gasteiger partial charge in [0.2, 0.25) is 0 Å². The van der Waals surface area contributed by atoms with Crippen molar-refractivity contribution in [3.63, 3.8) is 0 Å². The van der Waals surface area contributed by atoms with Crippen LogP contribution in [-0.2, 0) is 22.7 Å². The average Bonchev–Trinajstić information content (AvgIpc) is 3.05. The highest BCUT2D eigenvalue weighted by Crippen LogP contribution is 2.20. The topological polar surface area (TPSA) is 93.8 Å². The molecule has 0 aliphatic carbocycles. The summed E-state index contributed by atoms with van der Waals surface area (Å²) in [5.41, 5.74) is 3.15. The first kappa shape index (κ1) is 18.7. The largest absolute Gasteiger partial charge is 0.346 e. The van der Waals surface area contributed by atoms with Gasteiger partial charge in [0.25, 0.3) is 0 Å². The van der Waals surface area contributed by atoms with Crippen LogP contribution in [0.4, 0.5) is 5.69 Å². The van der Waals surface area contributed by atoms with Gasteiger partial charge in [-0.3, -0.25) is 19.0 Å². The summed E-state index contributed by atoms with van der Waals surface area (Å²) in [6.07, 6.45) is 1.70. The quantitative estimate of drug-likeness (QED) is 0.774. The van der Waals surface area contributed by atoms with E-state index < -0.39 is 11.8 Å². The maximum atomic E-state index is 12.1. The number of nitrogens with zero attached hydrogens (tertiary/aromatic N) is 4. The van der Waals surface area contributed by atoms with Crippen molar-refractivity contribution < 1.29 is 9.59 Å². The van der Waals surface area contributed by atoms with E-state index in [2.05, 4.69) is 34.7 Å². The van der Waals surface area contributed by atoms with E-state index in [0.29, 0.717) is 30.4 Å². The molecule has 2 aromatic rings. The standard InChI is InChI=1S/C17H26N6O2/c1-11(2)10-23-14(5)15(13(4)21-23)20-17(25)16(24)18-8-9-22-12(3)6-7-19-22/h6-7,11H,8-10H2,1-5H3,(H,18,24)(H,20,25). The molecule has 0 saturated carbocycles. The number of anilines is 1. The minimum atomic E-state index is -0.688. The second-order valence-corrected chi connectivity index (χ2v) is 6.53. The molecule has 0 unspecified atom stereocenters. The maximum Gasteiger partial charge on any atom is 0.313 e. The number of carbonyl (C=O) groups is 2. The Morgan fingerprint density at radius 3 is 2.48 bits per heavy atom. The lowest BCUT2D eigenvalue weighted by molar-refractivity contribution is -0.136. The molecule has 0 radical (unpaired) electrons. The van der Waals surface area contributed by atoms with Crippen molar-refractivity contribution in [3.8, 4) is 0 Å². The van der Waals surface area contributed by atoms with Gasteiger partial charge in [-0.15, -0.1) is 0 Å². The second kappa shape index (κ2) is 7.96. The van der Waals surface area contributed by atoms with Gasteiger partial charge in [0.15, 0.2) is 0 Å². The Hall–Kier alpha value is -2.64. The number of hydrogen-bond acceptors (Lipinski definition) is 4. The van der Waals surface area contributed by atoms with Gasteiger partial charge < -0.3 is 10.6 Å². The maximum absolute atomic E-state index is 12.1. The molecular formula is C17H26N6O2. The van der Waals surface area contributed by atoms with Crippen LogP contribution < -0.4 is 10.6 Å².